The van der Waals surface area contributed by atoms with Gasteiger partial charge in [0.1, 0.15) is 12.4 Å². The van der Waals surface area contributed by atoms with E-state index in [0.717, 1.165) is 17.4 Å². The summed E-state index contributed by atoms with van der Waals surface area (Å²) in [5.74, 6) is 0. The van der Waals surface area contributed by atoms with Crippen LogP contribution in [-0.2, 0) is 11.2 Å². The van der Waals surface area contributed by atoms with Gasteiger partial charge in [0.25, 0.3) is 0 Å². The van der Waals surface area contributed by atoms with Crippen molar-refractivity contribution in [2.45, 2.75) is 12.5 Å². The van der Waals surface area contributed by atoms with Crippen LogP contribution in [0.1, 0.15) is 27.6 Å². The number of ether oxygens (including phenoxy) is 1. The van der Waals surface area contributed by atoms with Crippen LogP contribution in [-0.4, -0.2) is 30.6 Å². The first-order chi connectivity index (χ1) is 8.22. The first-order valence-corrected chi connectivity index (χ1v) is 5.37. The number of carbonyl (C=O) groups is 2. The Hall–Kier alpha value is -1.88. The van der Waals surface area contributed by atoms with E-state index in [1.165, 1.54) is 0 Å². The molecule has 0 spiro atoms. The number of hydrogen-bond donors (Lipinski definition) is 2. The molecule has 1 aromatic carbocycles. The summed E-state index contributed by atoms with van der Waals surface area (Å²) in [5, 5.41) is 10.9. The summed E-state index contributed by atoms with van der Waals surface area (Å²) in [7, 11) is 0. The molecule has 0 radical (unpaired) electrons. The van der Waals surface area contributed by atoms with Crippen molar-refractivity contribution >= 4 is 12.4 Å². The molecule has 0 bridgehead atoms. The fourth-order valence-electron chi connectivity index (χ4n) is 2.07. The van der Waals surface area contributed by atoms with Crippen molar-refractivity contribution in [3.05, 3.63) is 34.9 Å². The fraction of sp³-hybridized carbons (Fsp3) is 0.333. The third-order valence-electron chi connectivity index (χ3n) is 2.83. The SMILES string of the molecule is O=Cc1cccc2c1CCOC2CNC(=O)O. The monoisotopic (exact) mass is 235 g/mol. The van der Waals surface area contributed by atoms with Gasteiger partial charge >= 0.3 is 6.09 Å². The van der Waals surface area contributed by atoms with Gasteiger partial charge in [-0.1, -0.05) is 18.2 Å². The Balaban J connectivity index is 2.25. The summed E-state index contributed by atoms with van der Waals surface area (Å²) in [4.78, 5) is 21.4. The summed E-state index contributed by atoms with van der Waals surface area (Å²) >= 11 is 0. The standard InChI is InChI=1S/C12H13NO4/c14-7-8-2-1-3-10-9(8)4-5-17-11(10)6-13-12(15)16/h1-3,7,11,13H,4-6H2,(H,15,16). The molecule has 90 valence electrons. The number of rotatable bonds is 3. The van der Waals surface area contributed by atoms with Gasteiger partial charge in [-0.25, -0.2) is 4.79 Å². The molecule has 1 amide bonds. The second-order valence-corrected chi connectivity index (χ2v) is 3.83. The van der Waals surface area contributed by atoms with Crippen LogP contribution in [0.4, 0.5) is 4.79 Å². The van der Waals surface area contributed by atoms with Gasteiger partial charge in [0, 0.05) is 5.56 Å². The number of nitrogens with one attached hydrogen (secondary N) is 1. The van der Waals surface area contributed by atoms with Crippen LogP contribution >= 0.6 is 0 Å². The maximum atomic E-state index is 10.9. The molecule has 1 aromatic rings. The number of aldehydes is 1. The van der Waals surface area contributed by atoms with Gasteiger partial charge in [-0.2, -0.15) is 0 Å². The molecule has 0 saturated heterocycles. The van der Waals surface area contributed by atoms with Crippen molar-refractivity contribution in [3.63, 3.8) is 0 Å². The van der Waals surface area contributed by atoms with Crippen LogP contribution in [0.25, 0.3) is 0 Å². The number of hydrogen-bond acceptors (Lipinski definition) is 3. The third-order valence-corrected chi connectivity index (χ3v) is 2.83. The van der Waals surface area contributed by atoms with Crippen LogP contribution < -0.4 is 5.32 Å². The van der Waals surface area contributed by atoms with Gasteiger partial charge in [-0.15, -0.1) is 0 Å². The van der Waals surface area contributed by atoms with Crippen LogP contribution in [0.3, 0.4) is 0 Å². The molecule has 0 fully saturated rings. The van der Waals surface area contributed by atoms with E-state index in [0.29, 0.717) is 18.6 Å². The Morgan fingerprint density at radius 3 is 3.12 bits per heavy atom. The van der Waals surface area contributed by atoms with E-state index in [2.05, 4.69) is 5.32 Å². The van der Waals surface area contributed by atoms with Crippen molar-refractivity contribution in [1.29, 1.82) is 0 Å². The molecule has 2 N–H and O–H groups in total. The molecule has 1 unspecified atom stereocenters. The average molecular weight is 235 g/mol. The molecular formula is C12H13NO4. The van der Waals surface area contributed by atoms with Gasteiger partial charge in [0.05, 0.1) is 13.2 Å². The van der Waals surface area contributed by atoms with E-state index in [4.69, 9.17) is 9.84 Å². The molecule has 0 aromatic heterocycles. The third kappa shape index (κ3) is 2.45. The Labute approximate surface area is 98.4 Å². The lowest BCUT2D eigenvalue weighted by Crippen LogP contribution is -2.31. The van der Waals surface area contributed by atoms with Crippen molar-refractivity contribution in [2.24, 2.45) is 0 Å². The number of carboxylic acid groups (broad SMARTS) is 1. The minimum Gasteiger partial charge on any atom is -0.465 e. The maximum absolute atomic E-state index is 10.9. The predicted octanol–water partition coefficient (Wildman–Crippen LogP) is 1.38. The lowest BCUT2D eigenvalue weighted by atomic mass is 9.93. The van der Waals surface area contributed by atoms with E-state index in [1.807, 2.05) is 6.07 Å². The number of amides is 1. The van der Waals surface area contributed by atoms with Crippen molar-refractivity contribution in [3.8, 4) is 0 Å². The zero-order chi connectivity index (χ0) is 12.3. The second-order valence-electron chi connectivity index (χ2n) is 3.83. The van der Waals surface area contributed by atoms with Crippen LogP contribution in [0.2, 0.25) is 0 Å². The zero-order valence-corrected chi connectivity index (χ0v) is 9.18. The van der Waals surface area contributed by atoms with Crippen molar-refractivity contribution in [1.82, 2.24) is 5.32 Å². The number of carbonyl (C=O) groups excluding carboxylic acids is 1. The topological polar surface area (TPSA) is 75.6 Å². The molecule has 1 heterocycles. The summed E-state index contributed by atoms with van der Waals surface area (Å²) in [6, 6.07) is 5.42. The minimum atomic E-state index is -1.08. The molecule has 0 saturated carbocycles. The van der Waals surface area contributed by atoms with E-state index in [1.54, 1.807) is 12.1 Å². The van der Waals surface area contributed by atoms with Crippen molar-refractivity contribution < 1.29 is 19.4 Å². The lowest BCUT2D eigenvalue weighted by Gasteiger charge is -2.26. The molecule has 1 atom stereocenters. The highest BCUT2D eigenvalue weighted by molar-refractivity contribution is 5.78. The molecule has 1 aliphatic rings. The molecule has 5 nitrogen and oxygen atoms in total. The zero-order valence-electron chi connectivity index (χ0n) is 9.18. The van der Waals surface area contributed by atoms with Crippen molar-refractivity contribution in [2.75, 3.05) is 13.2 Å². The van der Waals surface area contributed by atoms with E-state index >= 15 is 0 Å². The molecular weight excluding hydrogens is 222 g/mol. The molecule has 5 heteroatoms. The van der Waals surface area contributed by atoms with Gasteiger partial charge < -0.3 is 15.2 Å². The van der Waals surface area contributed by atoms with Crippen LogP contribution in [0.15, 0.2) is 18.2 Å². The predicted molar refractivity (Wildman–Crippen MR) is 60.3 cm³/mol. The van der Waals surface area contributed by atoms with Crippen LogP contribution in [0.5, 0.6) is 0 Å². The smallest absolute Gasteiger partial charge is 0.404 e. The van der Waals surface area contributed by atoms with E-state index in [-0.39, 0.29) is 12.6 Å². The van der Waals surface area contributed by atoms with E-state index < -0.39 is 6.09 Å². The van der Waals surface area contributed by atoms with E-state index in [9.17, 15) is 9.59 Å². The molecule has 17 heavy (non-hydrogen) atoms. The highest BCUT2D eigenvalue weighted by Gasteiger charge is 2.22. The fourth-order valence-corrected chi connectivity index (χ4v) is 2.07. The average Bonchev–Trinajstić information content (AvgIpc) is 2.35. The molecule has 2 rings (SSSR count). The highest BCUT2D eigenvalue weighted by atomic mass is 16.5. The van der Waals surface area contributed by atoms with Gasteiger partial charge in [-0.05, 0) is 17.5 Å². The summed E-state index contributed by atoms with van der Waals surface area (Å²) in [5.41, 5.74) is 2.52. The summed E-state index contributed by atoms with van der Waals surface area (Å²) in [6.45, 7) is 0.703. The van der Waals surface area contributed by atoms with Gasteiger partial charge in [0.2, 0.25) is 0 Å². The second kappa shape index (κ2) is 4.97. The van der Waals surface area contributed by atoms with Gasteiger partial charge in [-0.3, -0.25) is 4.79 Å². The number of benzene rings is 1. The first kappa shape index (κ1) is 11.6. The summed E-state index contributed by atoms with van der Waals surface area (Å²) in [6.07, 6.45) is 0.127. The first-order valence-electron chi connectivity index (χ1n) is 5.37. The number of fused-ring (bicyclic) bond motifs is 1. The highest BCUT2D eigenvalue weighted by Crippen LogP contribution is 2.28. The molecule has 0 aliphatic carbocycles. The Bertz CT molecular complexity index is 444. The normalized spacial score (nSPS) is 18.2. The summed E-state index contributed by atoms with van der Waals surface area (Å²) < 4.78 is 5.51. The lowest BCUT2D eigenvalue weighted by molar-refractivity contribution is 0.0424. The maximum Gasteiger partial charge on any atom is 0.404 e. The Kier molecular flexibility index (Phi) is 3.39. The Morgan fingerprint density at radius 2 is 2.41 bits per heavy atom. The van der Waals surface area contributed by atoms with Crippen LogP contribution in [0, 0.1) is 0 Å². The minimum absolute atomic E-state index is 0.199. The largest absolute Gasteiger partial charge is 0.465 e. The van der Waals surface area contributed by atoms with Gasteiger partial charge in [0.15, 0.2) is 0 Å². The quantitative estimate of drug-likeness (QED) is 0.776. The Morgan fingerprint density at radius 1 is 1.59 bits per heavy atom. The molecule has 1 aliphatic heterocycles.